The Hall–Kier alpha value is -3.89. The average molecular weight is 614 g/mol. The smallest absolute Gasteiger partial charge is 0.471 e. The molecule has 2 aliphatic rings. The second-order valence-electron chi connectivity index (χ2n) is 10.1. The van der Waals surface area contributed by atoms with Crippen molar-refractivity contribution in [3.8, 4) is 22.8 Å². The standard InChI is InChI=1S/C26H27F4N5O6S/c27-21-12-34(23(36)7-15-1-3-19(4-2-15)41-26(28,29)30)6-5-22(21)40-25-20(24(31)37)8-16(9-32-25)17-10-33-35(11-17)18-13-42(38,39)14-18/h1-4,8-11,18,21-22,38-39H,5-7,12-14H2,(H2,31,37). The number of carbonyl (C=O) groups is 2. The molecule has 4 N–H and O–H groups in total. The second-order valence-corrected chi connectivity index (χ2v) is 12.4. The molecular weight excluding hydrogens is 586 g/mol. The molecule has 2 atom stereocenters. The molecule has 0 spiro atoms. The Labute approximate surface area is 238 Å². The van der Waals surface area contributed by atoms with E-state index in [-0.39, 0.29) is 54.9 Å². The number of pyridine rings is 1. The summed E-state index contributed by atoms with van der Waals surface area (Å²) in [6, 6.07) is 6.16. The monoisotopic (exact) mass is 613 g/mol. The summed E-state index contributed by atoms with van der Waals surface area (Å²) in [5, 5.41) is 4.25. The molecule has 0 aliphatic carbocycles. The molecule has 226 valence electrons. The van der Waals surface area contributed by atoms with Crippen LogP contribution in [-0.2, 0) is 11.2 Å². The zero-order valence-corrected chi connectivity index (χ0v) is 22.7. The van der Waals surface area contributed by atoms with Crippen LogP contribution in [-0.4, -0.2) is 83.8 Å². The Balaban J connectivity index is 1.19. The van der Waals surface area contributed by atoms with E-state index in [4.69, 9.17) is 10.5 Å². The van der Waals surface area contributed by atoms with Gasteiger partial charge in [0.25, 0.3) is 5.91 Å². The molecule has 3 aromatic rings. The number of primary amides is 1. The van der Waals surface area contributed by atoms with Crippen molar-refractivity contribution in [3.05, 3.63) is 60.0 Å². The summed E-state index contributed by atoms with van der Waals surface area (Å²) in [4.78, 5) is 30.4. The molecule has 2 unspecified atom stereocenters. The number of hydrogen-bond donors (Lipinski definition) is 3. The number of amides is 2. The summed E-state index contributed by atoms with van der Waals surface area (Å²) in [6.45, 7) is -0.137. The number of piperidine rings is 1. The topological polar surface area (TPSA) is 153 Å². The van der Waals surface area contributed by atoms with Gasteiger partial charge in [-0.05, 0) is 23.8 Å². The molecule has 2 amide bonds. The first-order valence-corrected chi connectivity index (χ1v) is 14.7. The molecule has 42 heavy (non-hydrogen) atoms. The number of benzene rings is 1. The third-order valence-electron chi connectivity index (χ3n) is 6.95. The quantitative estimate of drug-likeness (QED) is 0.325. The summed E-state index contributed by atoms with van der Waals surface area (Å²) >= 11 is 0. The number of nitrogens with two attached hydrogens (primary N) is 1. The minimum Gasteiger partial charge on any atom is -0.471 e. The van der Waals surface area contributed by atoms with Gasteiger partial charge < -0.3 is 20.1 Å². The van der Waals surface area contributed by atoms with Crippen molar-refractivity contribution >= 4 is 22.4 Å². The maximum absolute atomic E-state index is 15.1. The molecule has 1 aromatic carbocycles. The third kappa shape index (κ3) is 6.94. The molecule has 16 heteroatoms. The fourth-order valence-electron chi connectivity index (χ4n) is 4.77. The number of alkyl halides is 4. The largest absolute Gasteiger partial charge is 0.573 e. The summed E-state index contributed by atoms with van der Waals surface area (Å²) in [7, 11) is -2.54. The number of likely N-dealkylation sites (tertiary alicyclic amines) is 1. The van der Waals surface area contributed by atoms with E-state index in [9.17, 15) is 31.9 Å². The minimum atomic E-state index is -4.83. The van der Waals surface area contributed by atoms with Gasteiger partial charge in [0, 0.05) is 36.5 Å². The molecule has 0 saturated carbocycles. The molecule has 2 aliphatic heterocycles. The zero-order valence-electron chi connectivity index (χ0n) is 21.9. The zero-order chi connectivity index (χ0) is 30.2. The highest BCUT2D eigenvalue weighted by atomic mass is 32.3. The summed E-state index contributed by atoms with van der Waals surface area (Å²) in [5.74, 6) is -1.38. The van der Waals surface area contributed by atoms with E-state index in [0.29, 0.717) is 16.7 Å². The Kier molecular flexibility index (Phi) is 8.04. The van der Waals surface area contributed by atoms with Gasteiger partial charge in [0.2, 0.25) is 11.8 Å². The van der Waals surface area contributed by atoms with Gasteiger partial charge in [-0.1, -0.05) is 12.1 Å². The number of ether oxygens (including phenoxy) is 2. The molecule has 2 saturated heterocycles. The molecular formula is C26H27F4N5O6S. The molecule has 11 nitrogen and oxygen atoms in total. The fourth-order valence-corrected chi connectivity index (χ4v) is 6.21. The predicted molar refractivity (Wildman–Crippen MR) is 143 cm³/mol. The van der Waals surface area contributed by atoms with Crippen LogP contribution in [0.4, 0.5) is 17.6 Å². The minimum absolute atomic E-state index is 0.0678. The van der Waals surface area contributed by atoms with Gasteiger partial charge in [-0.25, -0.2) is 9.37 Å². The number of hydrogen-bond acceptors (Lipinski definition) is 8. The summed E-state index contributed by atoms with van der Waals surface area (Å²) in [6.07, 6.45) is -2.83. The van der Waals surface area contributed by atoms with Crippen LogP contribution in [0, 0.1) is 0 Å². The van der Waals surface area contributed by atoms with Crippen LogP contribution in [0.1, 0.15) is 28.4 Å². The van der Waals surface area contributed by atoms with Crippen molar-refractivity contribution in [1.29, 1.82) is 0 Å². The van der Waals surface area contributed by atoms with Crippen molar-refractivity contribution in [2.24, 2.45) is 5.73 Å². The van der Waals surface area contributed by atoms with Crippen molar-refractivity contribution in [2.75, 3.05) is 24.6 Å². The van der Waals surface area contributed by atoms with Gasteiger partial charge in [-0.2, -0.15) is 15.7 Å². The van der Waals surface area contributed by atoms with Crippen LogP contribution in [0.5, 0.6) is 11.6 Å². The molecule has 5 rings (SSSR count). The maximum atomic E-state index is 15.1. The third-order valence-corrected chi connectivity index (χ3v) is 8.79. The van der Waals surface area contributed by atoms with Crippen LogP contribution in [0.25, 0.3) is 11.1 Å². The normalized spacial score (nSPS) is 21.3. The van der Waals surface area contributed by atoms with E-state index in [1.165, 1.54) is 29.3 Å². The number of halogens is 4. The summed E-state index contributed by atoms with van der Waals surface area (Å²) < 4.78 is 82.6. The van der Waals surface area contributed by atoms with Gasteiger partial charge in [0.05, 0.1) is 36.7 Å². The molecule has 4 heterocycles. The lowest BCUT2D eigenvalue weighted by atomic mass is 10.0. The first-order chi connectivity index (χ1) is 19.8. The van der Waals surface area contributed by atoms with E-state index < -0.39 is 46.8 Å². The Morgan fingerprint density at radius 3 is 2.45 bits per heavy atom. The van der Waals surface area contributed by atoms with E-state index in [2.05, 4.69) is 14.8 Å². The number of rotatable bonds is 8. The van der Waals surface area contributed by atoms with Crippen molar-refractivity contribution in [1.82, 2.24) is 19.7 Å². The Bertz CT molecular complexity index is 1460. The van der Waals surface area contributed by atoms with E-state index in [1.807, 2.05) is 0 Å². The molecule has 0 radical (unpaired) electrons. The van der Waals surface area contributed by atoms with Crippen LogP contribution >= 0.6 is 10.6 Å². The molecule has 2 aromatic heterocycles. The average Bonchev–Trinajstić information content (AvgIpc) is 3.39. The van der Waals surface area contributed by atoms with Crippen LogP contribution < -0.4 is 15.2 Å². The number of aromatic nitrogens is 3. The van der Waals surface area contributed by atoms with Crippen molar-refractivity contribution in [2.45, 2.75) is 37.5 Å². The van der Waals surface area contributed by atoms with Crippen molar-refractivity contribution < 1.29 is 45.7 Å². The fraction of sp³-hybridized carbons (Fsp3) is 0.385. The highest BCUT2D eigenvalue weighted by Gasteiger charge is 2.36. The van der Waals surface area contributed by atoms with Crippen LogP contribution in [0.3, 0.4) is 0 Å². The predicted octanol–water partition coefficient (Wildman–Crippen LogP) is 3.81. The van der Waals surface area contributed by atoms with E-state index in [1.54, 1.807) is 17.1 Å². The van der Waals surface area contributed by atoms with Crippen LogP contribution in [0.2, 0.25) is 0 Å². The molecule has 0 bridgehead atoms. The highest BCUT2D eigenvalue weighted by molar-refractivity contribution is 8.25. The second kappa shape index (κ2) is 11.4. The maximum Gasteiger partial charge on any atom is 0.573 e. The van der Waals surface area contributed by atoms with Crippen molar-refractivity contribution in [3.63, 3.8) is 0 Å². The van der Waals surface area contributed by atoms with Gasteiger partial charge >= 0.3 is 6.36 Å². The number of carbonyl (C=O) groups excluding carboxylic acids is 2. The van der Waals surface area contributed by atoms with Gasteiger partial charge in [-0.15, -0.1) is 13.2 Å². The van der Waals surface area contributed by atoms with Gasteiger partial charge in [-0.3, -0.25) is 23.4 Å². The Morgan fingerprint density at radius 1 is 1.12 bits per heavy atom. The SMILES string of the molecule is NC(=O)c1cc(-c2cnn(C3CS(O)(O)C3)c2)cnc1OC1CCN(C(=O)Cc2ccc(OC(F)(F)F)cc2)CC1F. The van der Waals surface area contributed by atoms with E-state index >= 15 is 4.39 Å². The van der Waals surface area contributed by atoms with Gasteiger partial charge in [0.1, 0.15) is 17.4 Å². The Morgan fingerprint density at radius 2 is 1.83 bits per heavy atom. The van der Waals surface area contributed by atoms with Crippen LogP contribution in [0.15, 0.2) is 48.9 Å². The first kappa shape index (κ1) is 29.6. The number of nitrogens with zero attached hydrogens (tertiary/aromatic N) is 4. The van der Waals surface area contributed by atoms with Gasteiger partial charge in [0.15, 0.2) is 6.17 Å². The first-order valence-electron chi connectivity index (χ1n) is 12.8. The lowest BCUT2D eigenvalue weighted by molar-refractivity contribution is -0.274. The lowest BCUT2D eigenvalue weighted by Crippen LogP contribution is -2.49. The highest BCUT2D eigenvalue weighted by Crippen LogP contribution is 2.53. The summed E-state index contributed by atoms with van der Waals surface area (Å²) in [5.41, 5.74) is 7.03. The van der Waals surface area contributed by atoms with E-state index in [0.717, 1.165) is 12.1 Å². The lowest BCUT2D eigenvalue weighted by Gasteiger charge is -2.46. The molecule has 2 fully saturated rings.